The topological polar surface area (TPSA) is 88.8 Å². The summed E-state index contributed by atoms with van der Waals surface area (Å²) >= 11 is 2.28. The van der Waals surface area contributed by atoms with Gasteiger partial charge in [0, 0.05) is 19.2 Å². The molecule has 162 valence electrons. The van der Waals surface area contributed by atoms with Crippen LogP contribution in [0.2, 0.25) is 0 Å². The van der Waals surface area contributed by atoms with Gasteiger partial charge < -0.3 is 9.64 Å². The van der Waals surface area contributed by atoms with Crippen molar-refractivity contribution < 1.29 is 14.5 Å². The van der Waals surface area contributed by atoms with Crippen LogP contribution in [0.4, 0.5) is 10.1 Å². The van der Waals surface area contributed by atoms with Crippen LogP contribution in [0.1, 0.15) is 23.5 Å². The minimum Gasteiger partial charge on any atom is -0.494 e. The number of nitrogens with zero attached hydrogens (tertiary/aromatic N) is 4. The number of likely N-dealkylation sites (N-methyl/N-ethyl adjacent to an activating group) is 1. The van der Waals surface area contributed by atoms with Crippen LogP contribution < -0.4 is 9.64 Å². The number of rotatable bonds is 9. The second kappa shape index (κ2) is 10.7. The Labute approximate surface area is 188 Å². The number of para-hydroxylation sites is 1. The fourth-order valence-corrected chi connectivity index (χ4v) is 4.71. The Bertz CT molecular complexity index is 1020. The summed E-state index contributed by atoms with van der Waals surface area (Å²) in [6.07, 6.45) is 0. The van der Waals surface area contributed by atoms with Gasteiger partial charge in [0.15, 0.2) is 5.13 Å². The summed E-state index contributed by atoms with van der Waals surface area (Å²) in [7, 11) is 1.59. The van der Waals surface area contributed by atoms with Gasteiger partial charge in [-0.15, -0.1) is 12.4 Å². The van der Waals surface area contributed by atoms with Gasteiger partial charge in [0.05, 0.1) is 21.6 Å². The number of methoxy groups -OCH3 is 1. The third kappa shape index (κ3) is 5.07. The number of amides is 1. The van der Waals surface area contributed by atoms with Crippen LogP contribution in [0, 0.1) is 10.1 Å². The maximum Gasteiger partial charge on any atom is 0.324 e. The normalized spacial score (nSPS) is 10.8. The minimum atomic E-state index is -0.482. The number of hydrogen-bond donors (Lipinski definition) is 0. The first-order chi connectivity index (χ1) is 14.0. The number of nitro groups is 1. The van der Waals surface area contributed by atoms with Crippen molar-refractivity contribution in [3.8, 4) is 5.75 Å². The quantitative estimate of drug-likeness (QED) is 0.333. The van der Waals surface area contributed by atoms with E-state index in [2.05, 4.69) is 23.7 Å². The summed E-state index contributed by atoms with van der Waals surface area (Å²) in [4.78, 5) is 32.6. The Hall–Kier alpha value is -2.27. The zero-order valence-electron chi connectivity index (χ0n) is 16.9. The molecule has 1 amide bonds. The predicted molar refractivity (Wildman–Crippen MR) is 124 cm³/mol. The van der Waals surface area contributed by atoms with Gasteiger partial charge in [-0.05, 0) is 31.3 Å². The molecule has 0 aliphatic rings. The summed E-state index contributed by atoms with van der Waals surface area (Å²) in [6.45, 7) is 7.00. The van der Waals surface area contributed by atoms with E-state index >= 15 is 0 Å². The number of fused-ring (bicyclic) bond motifs is 1. The van der Waals surface area contributed by atoms with Crippen LogP contribution >= 0.6 is 35.1 Å². The molecule has 0 unspecified atom stereocenters. The molecule has 11 heteroatoms. The molecule has 0 atom stereocenters. The van der Waals surface area contributed by atoms with Crippen molar-refractivity contribution in [3.05, 3.63) is 45.3 Å². The van der Waals surface area contributed by atoms with Gasteiger partial charge in [-0.2, -0.15) is 0 Å². The maximum atomic E-state index is 13.2. The Morgan fingerprint density at radius 3 is 2.50 bits per heavy atom. The Morgan fingerprint density at radius 2 is 1.90 bits per heavy atom. The monoisotopic (exact) mass is 470 g/mol. The highest BCUT2D eigenvalue weighted by Gasteiger charge is 2.25. The highest BCUT2D eigenvalue weighted by atomic mass is 35.5. The first-order valence-corrected chi connectivity index (χ1v) is 10.8. The molecule has 0 saturated carbocycles. The van der Waals surface area contributed by atoms with Crippen LogP contribution in [0.3, 0.4) is 0 Å². The molecular formula is C19H23ClN4O4S2. The molecule has 0 N–H and O–H groups in total. The molecule has 2 aromatic heterocycles. The third-order valence-corrected chi connectivity index (χ3v) is 6.65. The largest absolute Gasteiger partial charge is 0.494 e. The second-order valence-electron chi connectivity index (χ2n) is 6.18. The van der Waals surface area contributed by atoms with E-state index < -0.39 is 4.92 Å². The first kappa shape index (κ1) is 24.0. The second-order valence-corrected chi connectivity index (χ2v) is 8.25. The van der Waals surface area contributed by atoms with Crippen molar-refractivity contribution in [2.24, 2.45) is 0 Å². The summed E-state index contributed by atoms with van der Waals surface area (Å²) < 4.78 is 6.30. The van der Waals surface area contributed by atoms with E-state index in [9.17, 15) is 14.9 Å². The molecule has 0 fully saturated rings. The van der Waals surface area contributed by atoms with E-state index in [1.165, 1.54) is 23.5 Å². The Kier molecular flexibility index (Phi) is 8.54. The van der Waals surface area contributed by atoms with Gasteiger partial charge in [0.1, 0.15) is 11.3 Å². The highest BCUT2D eigenvalue weighted by molar-refractivity contribution is 7.22. The minimum absolute atomic E-state index is 0. The number of thiazole rings is 1. The van der Waals surface area contributed by atoms with Crippen molar-refractivity contribution in [1.82, 2.24) is 9.88 Å². The van der Waals surface area contributed by atoms with Gasteiger partial charge in [-0.3, -0.25) is 19.8 Å². The van der Waals surface area contributed by atoms with Gasteiger partial charge >= 0.3 is 5.00 Å². The van der Waals surface area contributed by atoms with Crippen molar-refractivity contribution in [1.29, 1.82) is 0 Å². The SMILES string of the molecule is CCN(CC)CCN(C(=O)c1ccc([N+](=O)[O-])s1)c1nc2c(OC)cccc2s1.Cl. The maximum absolute atomic E-state index is 13.2. The van der Waals surface area contributed by atoms with Gasteiger partial charge in [-0.1, -0.05) is 42.6 Å². The van der Waals surface area contributed by atoms with Crippen molar-refractivity contribution >= 4 is 61.3 Å². The number of hydrogen-bond acceptors (Lipinski definition) is 8. The summed E-state index contributed by atoms with van der Waals surface area (Å²) in [5.74, 6) is 0.362. The highest BCUT2D eigenvalue weighted by Crippen LogP contribution is 2.35. The van der Waals surface area contributed by atoms with E-state index in [4.69, 9.17) is 4.74 Å². The number of ether oxygens (including phenoxy) is 1. The van der Waals surface area contributed by atoms with Gasteiger partial charge in [0.2, 0.25) is 0 Å². The molecule has 1 aromatic carbocycles. The number of carbonyl (C=O) groups is 1. The predicted octanol–water partition coefficient (Wildman–Crippen LogP) is 4.69. The number of anilines is 1. The molecule has 0 aliphatic carbocycles. The van der Waals surface area contributed by atoms with Crippen LogP contribution in [0.5, 0.6) is 5.75 Å². The molecule has 0 spiro atoms. The third-order valence-electron chi connectivity index (χ3n) is 4.58. The molecule has 30 heavy (non-hydrogen) atoms. The van der Waals surface area contributed by atoms with Crippen LogP contribution in [0.15, 0.2) is 30.3 Å². The molecule has 2 heterocycles. The zero-order valence-corrected chi connectivity index (χ0v) is 19.3. The molecule has 0 bridgehead atoms. The molecular weight excluding hydrogens is 448 g/mol. The van der Waals surface area contributed by atoms with E-state index in [0.29, 0.717) is 34.4 Å². The molecule has 8 nitrogen and oxygen atoms in total. The van der Waals surface area contributed by atoms with Crippen LogP contribution in [-0.4, -0.2) is 54.0 Å². The van der Waals surface area contributed by atoms with Crippen molar-refractivity contribution in [2.75, 3.05) is 38.2 Å². The molecule has 0 radical (unpaired) electrons. The average molecular weight is 471 g/mol. The Balaban J connectivity index is 0.00000320. The lowest BCUT2D eigenvalue weighted by Gasteiger charge is -2.24. The number of halogens is 1. The van der Waals surface area contributed by atoms with Gasteiger partial charge in [0.25, 0.3) is 5.91 Å². The lowest BCUT2D eigenvalue weighted by atomic mass is 10.3. The summed E-state index contributed by atoms with van der Waals surface area (Å²) in [6, 6.07) is 8.51. The van der Waals surface area contributed by atoms with Crippen LogP contribution in [0.25, 0.3) is 10.2 Å². The lowest BCUT2D eigenvalue weighted by molar-refractivity contribution is -0.380. The fraction of sp³-hybridized carbons (Fsp3) is 0.368. The summed E-state index contributed by atoms with van der Waals surface area (Å²) in [5, 5.41) is 11.5. The van der Waals surface area contributed by atoms with E-state index in [1.807, 2.05) is 18.2 Å². The smallest absolute Gasteiger partial charge is 0.324 e. The van der Waals surface area contributed by atoms with Crippen molar-refractivity contribution in [3.63, 3.8) is 0 Å². The summed E-state index contributed by atoms with van der Waals surface area (Å²) in [5.41, 5.74) is 0.702. The zero-order chi connectivity index (χ0) is 21.0. The Morgan fingerprint density at radius 1 is 1.17 bits per heavy atom. The first-order valence-electron chi connectivity index (χ1n) is 9.20. The van der Waals surface area contributed by atoms with E-state index in [1.54, 1.807) is 12.0 Å². The molecule has 3 rings (SSSR count). The van der Waals surface area contributed by atoms with Crippen molar-refractivity contribution in [2.45, 2.75) is 13.8 Å². The molecule has 0 aliphatic heterocycles. The lowest BCUT2D eigenvalue weighted by Crippen LogP contribution is -2.38. The molecule has 3 aromatic rings. The molecule has 0 saturated heterocycles. The fourth-order valence-electron chi connectivity index (χ4n) is 2.93. The van der Waals surface area contributed by atoms with E-state index in [0.717, 1.165) is 29.1 Å². The standard InChI is InChI=1S/C19H22N4O4S2.ClH/c1-4-21(5-2)11-12-22(18(24)15-9-10-16(28-15)23(25)26)19-20-17-13(27-3)7-6-8-14(17)29-19;/h6-10H,4-5,11-12H2,1-3H3;1H. The average Bonchev–Trinajstić information content (AvgIpc) is 3.38. The van der Waals surface area contributed by atoms with Crippen LogP contribution in [-0.2, 0) is 0 Å². The number of benzene rings is 1. The number of thiophene rings is 1. The number of carbonyl (C=O) groups excluding carboxylic acids is 1. The van der Waals surface area contributed by atoms with Gasteiger partial charge in [-0.25, -0.2) is 4.98 Å². The number of aromatic nitrogens is 1. The van der Waals surface area contributed by atoms with E-state index in [-0.39, 0.29) is 23.3 Å².